The average molecular weight is 439 g/mol. The Labute approximate surface area is 179 Å². The van der Waals surface area contributed by atoms with Crippen molar-refractivity contribution in [2.24, 2.45) is 0 Å². The highest BCUT2D eigenvalue weighted by Gasteiger charge is 2.47. The van der Waals surface area contributed by atoms with Crippen LogP contribution in [0.15, 0.2) is 12.0 Å². The van der Waals surface area contributed by atoms with Gasteiger partial charge in [-0.2, -0.15) is 5.26 Å². The van der Waals surface area contributed by atoms with Crippen LogP contribution < -0.4 is 16.1 Å². The highest BCUT2D eigenvalue weighted by atomic mass is 19.3. The van der Waals surface area contributed by atoms with Gasteiger partial charge in [-0.3, -0.25) is 9.63 Å². The summed E-state index contributed by atoms with van der Waals surface area (Å²) < 4.78 is 32.3. The van der Waals surface area contributed by atoms with E-state index in [1.54, 1.807) is 6.08 Å². The second-order valence-corrected chi connectivity index (χ2v) is 9.09. The van der Waals surface area contributed by atoms with Crippen molar-refractivity contribution in [2.75, 3.05) is 13.1 Å². The normalized spacial score (nSPS) is 25.0. The Bertz CT molecular complexity index is 805. The molecule has 4 aliphatic rings. The standard InChI is InChI=1S/C20H27F2N5O4/c1-18(21,22)10-14(16(28)25-19(12-23)4-5-19)24-17(29)30-15-11-20(31-26-15)6-8-27(9-7-20)13-2-3-13/h11,13-14,26H,2-10H2,1H3,(H,24,29)(H,25,28)/t14-/m0/s1. The lowest BCUT2D eigenvalue weighted by Gasteiger charge is -2.36. The number of nitriles is 1. The van der Waals surface area contributed by atoms with Gasteiger partial charge in [-0.15, -0.1) is 0 Å². The maximum atomic E-state index is 13.6. The van der Waals surface area contributed by atoms with Crippen molar-refractivity contribution in [3.05, 3.63) is 12.0 Å². The van der Waals surface area contributed by atoms with E-state index in [9.17, 15) is 18.4 Å². The second kappa shape index (κ2) is 7.91. The Kier molecular flexibility index (Phi) is 5.55. The molecular formula is C20H27F2N5O4. The number of likely N-dealkylation sites (tertiary alicyclic amines) is 1. The van der Waals surface area contributed by atoms with E-state index in [2.05, 4.69) is 21.0 Å². The first-order chi connectivity index (χ1) is 14.6. The molecule has 170 valence electrons. The van der Waals surface area contributed by atoms with Crippen LogP contribution in [0.4, 0.5) is 13.6 Å². The summed E-state index contributed by atoms with van der Waals surface area (Å²) >= 11 is 0. The molecule has 0 bridgehead atoms. The SMILES string of the molecule is CC(F)(F)C[C@H](NC(=O)OC1=CC2(CCN(C3CC3)CC2)ON1)C(=O)NC1(C#N)CC1. The van der Waals surface area contributed by atoms with Crippen molar-refractivity contribution in [1.29, 1.82) is 5.26 Å². The Morgan fingerprint density at radius 3 is 2.61 bits per heavy atom. The molecule has 3 N–H and O–H groups in total. The van der Waals surface area contributed by atoms with Gasteiger partial charge < -0.3 is 20.3 Å². The number of carbonyl (C=O) groups excluding carboxylic acids is 2. The lowest BCUT2D eigenvalue weighted by molar-refractivity contribution is -0.126. The minimum atomic E-state index is -3.20. The predicted octanol–water partition coefficient (Wildman–Crippen LogP) is 1.67. The Morgan fingerprint density at radius 1 is 1.39 bits per heavy atom. The number of alkyl carbamates (subject to hydrolysis) is 1. The molecule has 2 heterocycles. The number of nitrogens with one attached hydrogen (secondary N) is 3. The Hall–Kier alpha value is -2.45. The van der Waals surface area contributed by atoms with E-state index < -0.39 is 41.5 Å². The van der Waals surface area contributed by atoms with Crippen molar-refractivity contribution < 1.29 is 27.9 Å². The van der Waals surface area contributed by atoms with Crippen molar-refractivity contribution in [2.45, 2.75) is 81.0 Å². The molecule has 2 amide bonds. The molecular weight excluding hydrogens is 412 g/mol. The molecule has 4 rings (SSSR count). The van der Waals surface area contributed by atoms with Gasteiger partial charge in [0.1, 0.15) is 17.2 Å². The van der Waals surface area contributed by atoms with Crippen molar-refractivity contribution >= 4 is 12.0 Å². The van der Waals surface area contributed by atoms with Gasteiger partial charge in [0.25, 0.3) is 0 Å². The number of halogens is 2. The highest BCUT2D eigenvalue weighted by molar-refractivity contribution is 5.87. The first-order valence-corrected chi connectivity index (χ1v) is 10.6. The van der Waals surface area contributed by atoms with Gasteiger partial charge in [-0.25, -0.2) is 19.1 Å². The molecule has 0 aromatic carbocycles. The predicted molar refractivity (Wildman–Crippen MR) is 103 cm³/mol. The largest absolute Gasteiger partial charge is 0.414 e. The number of carbonyl (C=O) groups is 2. The molecule has 0 aromatic rings. The van der Waals surface area contributed by atoms with E-state index in [-0.39, 0.29) is 5.88 Å². The molecule has 2 aliphatic carbocycles. The number of hydrogen-bond acceptors (Lipinski definition) is 7. The average Bonchev–Trinajstić information content (AvgIpc) is 3.61. The van der Waals surface area contributed by atoms with Crippen LogP contribution in [-0.2, 0) is 14.4 Å². The lowest BCUT2D eigenvalue weighted by Crippen LogP contribution is -2.52. The van der Waals surface area contributed by atoms with Crippen LogP contribution in [0.5, 0.6) is 0 Å². The van der Waals surface area contributed by atoms with Crippen molar-refractivity contribution in [1.82, 2.24) is 21.0 Å². The molecule has 0 unspecified atom stereocenters. The number of amides is 2. The topological polar surface area (TPSA) is 116 Å². The van der Waals surface area contributed by atoms with Crippen LogP contribution in [-0.4, -0.2) is 59.1 Å². The molecule has 0 radical (unpaired) electrons. The summed E-state index contributed by atoms with van der Waals surface area (Å²) in [6.07, 6.45) is 4.57. The van der Waals surface area contributed by atoms with Gasteiger partial charge in [-0.1, -0.05) is 0 Å². The van der Waals surface area contributed by atoms with E-state index in [4.69, 9.17) is 14.8 Å². The fraction of sp³-hybridized carbons (Fsp3) is 0.750. The van der Waals surface area contributed by atoms with Crippen LogP contribution in [0.1, 0.15) is 51.9 Å². The second-order valence-electron chi connectivity index (χ2n) is 9.09. The van der Waals surface area contributed by atoms with Gasteiger partial charge >= 0.3 is 6.09 Å². The van der Waals surface area contributed by atoms with Crippen LogP contribution in [0, 0.1) is 11.3 Å². The van der Waals surface area contributed by atoms with E-state index >= 15 is 0 Å². The number of hydrogen-bond donors (Lipinski definition) is 3. The summed E-state index contributed by atoms with van der Waals surface area (Å²) in [7, 11) is 0. The van der Waals surface area contributed by atoms with Crippen molar-refractivity contribution in [3.63, 3.8) is 0 Å². The number of alkyl halides is 2. The molecule has 31 heavy (non-hydrogen) atoms. The van der Waals surface area contributed by atoms with Gasteiger partial charge in [-0.05, 0) is 45.4 Å². The number of hydroxylamine groups is 1. The molecule has 11 heteroatoms. The lowest BCUT2D eigenvalue weighted by atomic mass is 9.91. The zero-order chi connectivity index (χ0) is 22.3. The monoisotopic (exact) mass is 439 g/mol. The number of piperidine rings is 1. The first kappa shape index (κ1) is 21.8. The molecule has 1 atom stereocenters. The third kappa shape index (κ3) is 5.43. The van der Waals surface area contributed by atoms with Gasteiger partial charge in [0, 0.05) is 31.6 Å². The zero-order valence-corrected chi connectivity index (χ0v) is 17.4. The van der Waals surface area contributed by atoms with Crippen LogP contribution in [0.3, 0.4) is 0 Å². The quantitative estimate of drug-likeness (QED) is 0.553. The maximum Gasteiger partial charge on any atom is 0.414 e. The molecule has 2 aliphatic heterocycles. The minimum absolute atomic E-state index is 0.0653. The summed E-state index contributed by atoms with van der Waals surface area (Å²) in [5.74, 6) is -3.98. The molecule has 0 aromatic heterocycles. The third-order valence-electron chi connectivity index (χ3n) is 6.16. The fourth-order valence-corrected chi connectivity index (χ4v) is 4.01. The van der Waals surface area contributed by atoms with Gasteiger partial charge in [0.15, 0.2) is 0 Å². The molecule has 2 saturated carbocycles. The summed E-state index contributed by atoms with van der Waals surface area (Å²) in [6, 6.07) is 1.09. The minimum Gasteiger partial charge on any atom is -0.392 e. The highest BCUT2D eigenvalue weighted by Crippen LogP contribution is 2.37. The van der Waals surface area contributed by atoms with Crippen LogP contribution in [0.25, 0.3) is 0 Å². The van der Waals surface area contributed by atoms with E-state index in [0.717, 1.165) is 25.9 Å². The third-order valence-corrected chi connectivity index (χ3v) is 6.16. The summed E-state index contributed by atoms with van der Waals surface area (Å²) in [5.41, 5.74) is 0.981. The Morgan fingerprint density at radius 2 is 2.06 bits per heavy atom. The summed E-state index contributed by atoms with van der Waals surface area (Å²) in [5, 5.41) is 13.7. The zero-order valence-electron chi connectivity index (χ0n) is 17.4. The molecule has 1 saturated heterocycles. The number of ether oxygens (including phenoxy) is 1. The van der Waals surface area contributed by atoms with E-state index in [1.165, 1.54) is 12.8 Å². The fourth-order valence-electron chi connectivity index (χ4n) is 4.01. The van der Waals surface area contributed by atoms with Gasteiger partial charge in [0.2, 0.25) is 17.7 Å². The van der Waals surface area contributed by atoms with E-state index in [0.29, 0.717) is 25.8 Å². The Balaban J connectivity index is 1.33. The molecule has 1 spiro atoms. The van der Waals surface area contributed by atoms with Crippen LogP contribution >= 0.6 is 0 Å². The van der Waals surface area contributed by atoms with Crippen molar-refractivity contribution in [3.8, 4) is 6.07 Å². The smallest absolute Gasteiger partial charge is 0.392 e. The first-order valence-electron chi connectivity index (χ1n) is 10.6. The molecule has 9 nitrogen and oxygen atoms in total. The van der Waals surface area contributed by atoms with Crippen LogP contribution in [0.2, 0.25) is 0 Å². The number of nitrogens with zero attached hydrogens (tertiary/aromatic N) is 2. The maximum absolute atomic E-state index is 13.6. The number of rotatable bonds is 7. The van der Waals surface area contributed by atoms with Gasteiger partial charge in [0.05, 0.1) is 6.07 Å². The summed E-state index contributed by atoms with van der Waals surface area (Å²) in [4.78, 5) is 32.8. The summed E-state index contributed by atoms with van der Waals surface area (Å²) in [6.45, 7) is 2.43. The molecule has 3 fully saturated rings. The van der Waals surface area contributed by atoms with E-state index in [1.807, 2.05) is 6.07 Å².